The third-order valence-corrected chi connectivity index (χ3v) is 9.03. The van der Waals surface area contributed by atoms with Crippen molar-refractivity contribution >= 4 is 39.5 Å². The van der Waals surface area contributed by atoms with Crippen LogP contribution in [0.25, 0.3) is 0 Å². The summed E-state index contributed by atoms with van der Waals surface area (Å²) >= 11 is 3.50. The van der Waals surface area contributed by atoms with Gasteiger partial charge in [0.25, 0.3) is 5.91 Å². The molecule has 2 aliphatic heterocycles. The Morgan fingerprint density at radius 2 is 1.72 bits per heavy atom. The van der Waals surface area contributed by atoms with Gasteiger partial charge in [-0.3, -0.25) is 9.59 Å². The Morgan fingerprint density at radius 3 is 2.40 bits per heavy atom. The molecular formula is C32H41BrN4O6. The van der Waals surface area contributed by atoms with E-state index in [0.29, 0.717) is 31.9 Å². The van der Waals surface area contributed by atoms with E-state index in [2.05, 4.69) is 20.8 Å². The van der Waals surface area contributed by atoms with Gasteiger partial charge in [0.15, 0.2) is 5.60 Å². The van der Waals surface area contributed by atoms with Gasteiger partial charge >= 0.3 is 6.09 Å². The molecule has 10 nitrogen and oxygen atoms in total. The molecule has 1 N–H and O–H groups in total. The van der Waals surface area contributed by atoms with Crippen molar-refractivity contribution in [2.75, 3.05) is 51.3 Å². The number of methoxy groups -OCH3 is 1. The average Bonchev–Trinajstić information content (AvgIpc) is 3.85. The molecule has 2 aromatic carbocycles. The molecule has 0 spiro atoms. The molecule has 0 radical (unpaired) electrons. The number of nitrogens with zero attached hydrogens (tertiary/aromatic N) is 4. The standard InChI is InChI=1S/C32H41BrN4O6/c1-32(2,30(39)34-14-16-35(17-15-34)31(40)41)43-27-8-4-7-26(19-27)36-13-5-6-23(20-36)29(38)37(25-11-12-25)21-22-9-10-24(33)18-28(22)42-3/h4,7-10,18-19,23,25H,5-6,11-17,20-21H2,1-3H3,(H,40,41)/t23-/m1/s1. The van der Waals surface area contributed by atoms with Gasteiger partial charge in [-0.1, -0.05) is 28.1 Å². The molecule has 232 valence electrons. The van der Waals surface area contributed by atoms with E-state index >= 15 is 0 Å². The first-order valence-electron chi connectivity index (χ1n) is 15.0. The number of anilines is 1. The van der Waals surface area contributed by atoms with Gasteiger partial charge in [0.2, 0.25) is 5.91 Å². The van der Waals surface area contributed by atoms with Crippen molar-refractivity contribution in [3.63, 3.8) is 0 Å². The summed E-state index contributed by atoms with van der Waals surface area (Å²) in [6.45, 7) is 6.75. The smallest absolute Gasteiger partial charge is 0.407 e. The third kappa shape index (κ3) is 7.37. The van der Waals surface area contributed by atoms with E-state index in [1.54, 1.807) is 25.9 Å². The van der Waals surface area contributed by atoms with Crippen LogP contribution in [0, 0.1) is 5.92 Å². The molecule has 11 heteroatoms. The van der Waals surface area contributed by atoms with Gasteiger partial charge in [0, 0.05) is 73.6 Å². The molecule has 0 unspecified atom stereocenters. The number of ether oxygens (including phenoxy) is 2. The topological polar surface area (TPSA) is 103 Å². The number of carbonyl (C=O) groups is 3. The van der Waals surface area contributed by atoms with Crippen molar-refractivity contribution in [3.8, 4) is 11.5 Å². The maximum Gasteiger partial charge on any atom is 0.407 e. The van der Waals surface area contributed by atoms with Crippen molar-refractivity contribution in [1.82, 2.24) is 14.7 Å². The monoisotopic (exact) mass is 656 g/mol. The predicted molar refractivity (Wildman–Crippen MR) is 167 cm³/mol. The summed E-state index contributed by atoms with van der Waals surface area (Å²) in [5, 5.41) is 9.21. The highest BCUT2D eigenvalue weighted by Gasteiger charge is 2.39. The van der Waals surface area contributed by atoms with E-state index in [1.807, 2.05) is 47.4 Å². The van der Waals surface area contributed by atoms with Gasteiger partial charge in [0.1, 0.15) is 11.5 Å². The predicted octanol–water partition coefficient (Wildman–Crippen LogP) is 4.84. The first-order chi connectivity index (χ1) is 20.6. The molecule has 43 heavy (non-hydrogen) atoms. The highest BCUT2D eigenvalue weighted by atomic mass is 79.9. The quantitative estimate of drug-likeness (QED) is 0.412. The molecule has 5 rings (SSSR count). The van der Waals surface area contributed by atoms with Crippen molar-refractivity contribution in [2.24, 2.45) is 5.92 Å². The number of piperidine rings is 1. The summed E-state index contributed by atoms with van der Waals surface area (Å²) in [6.07, 6.45) is 2.86. The summed E-state index contributed by atoms with van der Waals surface area (Å²) < 4.78 is 12.8. The number of rotatable bonds is 9. The fourth-order valence-electron chi connectivity index (χ4n) is 6.02. The van der Waals surface area contributed by atoms with Crippen molar-refractivity contribution in [3.05, 3.63) is 52.5 Å². The molecule has 1 atom stereocenters. The summed E-state index contributed by atoms with van der Waals surface area (Å²) in [6, 6.07) is 13.9. The second kappa shape index (κ2) is 13.0. The number of benzene rings is 2. The van der Waals surface area contributed by atoms with E-state index in [0.717, 1.165) is 53.7 Å². The summed E-state index contributed by atoms with van der Waals surface area (Å²) in [7, 11) is 1.66. The minimum Gasteiger partial charge on any atom is -0.496 e. The summed E-state index contributed by atoms with van der Waals surface area (Å²) in [5.74, 6) is 1.27. The first kappa shape index (κ1) is 31.0. The van der Waals surface area contributed by atoms with Crippen LogP contribution < -0.4 is 14.4 Å². The Balaban J connectivity index is 1.23. The summed E-state index contributed by atoms with van der Waals surface area (Å²) in [4.78, 5) is 45.7. The molecule has 3 fully saturated rings. The molecule has 2 saturated heterocycles. The molecular weight excluding hydrogens is 616 g/mol. The highest BCUT2D eigenvalue weighted by molar-refractivity contribution is 9.10. The van der Waals surface area contributed by atoms with Gasteiger partial charge < -0.3 is 34.2 Å². The van der Waals surface area contributed by atoms with Gasteiger partial charge in [-0.15, -0.1) is 0 Å². The van der Waals surface area contributed by atoms with Crippen LogP contribution in [0.1, 0.15) is 45.1 Å². The number of amides is 3. The van der Waals surface area contributed by atoms with E-state index in [-0.39, 0.29) is 36.9 Å². The van der Waals surface area contributed by atoms with Gasteiger partial charge in [-0.05, 0) is 63.8 Å². The number of carboxylic acid groups (broad SMARTS) is 1. The maximum atomic E-state index is 13.9. The lowest BCUT2D eigenvalue weighted by molar-refractivity contribution is -0.147. The fraction of sp³-hybridized carbons (Fsp3) is 0.531. The lowest BCUT2D eigenvalue weighted by atomic mass is 9.95. The van der Waals surface area contributed by atoms with Crippen molar-refractivity contribution in [2.45, 2.75) is 57.7 Å². The molecule has 1 aliphatic carbocycles. The Morgan fingerprint density at radius 1 is 1.00 bits per heavy atom. The molecule has 0 bridgehead atoms. The lowest BCUT2D eigenvalue weighted by Gasteiger charge is -2.38. The van der Waals surface area contributed by atoms with Crippen LogP contribution in [-0.4, -0.2) is 95.7 Å². The molecule has 2 aromatic rings. The number of halogens is 1. The zero-order valence-electron chi connectivity index (χ0n) is 25.1. The first-order valence-corrected chi connectivity index (χ1v) is 15.8. The van der Waals surface area contributed by atoms with Crippen LogP contribution in [0.15, 0.2) is 46.9 Å². The molecule has 3 aliphatic rings. The van der Waals surface area contributed by atoms with Gasteiger partial charge in [-0.25, -0.2) is 4.79 Å². The Hall–Kier alpha value is -3.47. The number of hydrogen-bond acceptors (Lipinski definition) is 6. The van der Waals surface area contributed by atoms with Crippen LogP contribution in [0.3, 0.4) is 0 Å². The number of hydrogen-bond donors (Lipinski definition) is 1. The maximum absolute atomic E-state index is 13.9. The lowest BCUT2D eigenvalue weighted by Crippen LogP contribution is -2.56. The Labute approximate surface area is 261 Å². The van der Waals surface area contributed by atoms with Crippen LogP contribution in [0.2, 0.25) is 0 Å². The second-order valence-corrected chi connectivity index (χ2v) is 13.0. The molecule has 2 heterocycles. The largest absolute Gasteiger partial charge is 0.496 e. The molecule has 3 amide bonds. The van der Waals surface area contributed by atoms with Crippen LogP contribution in [-0.2, 0) is 16.1 Å². The Kier molecular flexibility index (Phi) is 9.39. The SMILES string of the molecule is COc1cc(Br)ccc1CN(C(=O)[C@@H]1CCCN(c2cccc(OC(C)(C)C(=O)N3CCN(C(=O)O)CC3)c2)C1)C1CC1. The van der Waals surface area contributed by atoms with E-state index < -0.39 is 11.7 Å². The number of piperazine rings is 1. The zero-order valence-corrected chi connectivity index (χ0v) is 26.7. The van der Waals surface area contributed by atoms with Crippen LogP contribution in [0.5, 0.6) is 11.5 Å². The number of carbonyl (C=O) groups excluding carboxylic acids is 2. The van der Waals surface area contributed by atoms with Gasteiger partial charge in [-0.2, -0.15) is 0 Å². The zero-order chi connectivity index (χ0) is 30.7. The average molecular weight is 658 g/mol. The van der Waals surface area contributed by atoms with E-state index in [9.17, 15) is 19.5 Å². The third-order valence-electron chi connectivity index (χ3n) is 8.54. The van der Waals surface area contributed by atoms with Crippen LogP contribution in [0.4, 0.5) is 10.5 Å². The van der Waals surface area contributed by atoms with Crippen molar-refractivity contribution < 1.29 is 29.0 Å². The summed E-state index contributed by atoms with van der Waals surface area (Å²) in [5.41, 5.74) is 0.841. The van der Waals surface area contributed by atoms with E-state index in [4.69, 9.17) is 9.47 Å². The fourth-order valence-corrected chi connectivity index (χ4v) is 6.36. The van der Waals surface area contributed by atoms with Crippen molar-refractivity contribution in [1.29, 1.82) is 0 Å². The minimum absolute atomic E-state index is 0.108. The molecule has 1 saturated carbocycles. The Bertz CT molecular complexity index is 1340. The normalized spacial score (nSPS) is 19.2. The molecule has 0 aromatic heterocycles. The second-order valence-electron chi connectivity index (χ2n) is 12.1. The van der Waals surface area contributed by atoms with Crippen LogP contribution >= 0.6 is 15.9 Å². The van der Waals surface area contributed by atoms with Gasteiger partial charge in [0.05, 0.1) is 13.0 Å². The minimum atomic E-state index is -1.12. The highest BCUT2D eigenvalue weighted by Crippen LogP contribution is 2.35. The van der Waals surface area contributed by atoms with E-state index in [1.165, 1.54) is 4.90 Å².